The predicted molar refractivity (Wildman–Crippen MR) is 96.1 cm³/mol. The van der Waals surface area contributed by atoms with Gasteiger partial charge in [0.2, 0.25) is 0 Å². The third-order valence-electron chi connectivity index (χ3n) is 3.91. The fourth-order valence-electron chi connectivity index (χ4n) is 2.64. The molecule has 4 aromatic rings. The van der Waals surface area contributed by atoms with Gasteiger partial charge in [0.05, 0.1) is 12.8 Å². The zero-order valence-corrected chi connectivity index (χ0v) is 13.2. The van der Waals surface area contributed by atoms with E-state index in [-0.39, 0.29) is 0 Å². The lowest BCUT2D eigenvalue weighted by atomic mass is 10.1. The van der Waals surface area contributed by atoms with Crippen molar-refractivity contribution in [3.8, 4) is 17.0 Å². The van der Waals surface area contributed by atoms with Gasteiger partial charge < -0.3 is 9.72 Å². The highest BCUT2D eigenvalue weighted by Crippen LogP contribution is 2.28. The minimum atomic E-state index is 0.645. The van der Waals surface area contributed by atoms with E-state index in [2.05, 4.69) is 32.3 Å². The molecule has 0 amide bonds. The molecule has 0 radical (unpaired) electrons. The zero-order valence-electron chi connectivity index (χ0n) is 13.2. The maximum Gasteiger partial charge on any atom is 0.174 e. The molecule has 24 heavy (non-hydrogen) atoms. The first-order chi connectivity index (χ1) is 11.8. The van der Waals surface area contributed by atoms with Crippen LogP contribution in [0.4, 0.5) is 5.82 Å². The molecule has 0 saturated heterocycles. The van der Waals surface area contributed by atoms with Gasteiger partial charge in [-0.15, -0.1) is 0 Å². The van der Waals surface area contributed by atoms with Crippen LogP contribution in [-0.2, 0) is 0 Å². The van der Waals surface area contributed by atoms with E-state index in [0.717, 1.165) is 33.5 Å². The molecule has 0 saturated carbocycles. The molecule has 5 nitrogen and oxygen atoms in total. The van der Waals surface area contributed by atoms with E-state index in [1.165, 1.54) is 0 Å². The molecule has 0 aliphatic heterocycles. The molecule has 2 heterocycles. The van der Waals surface area contributed by atoms with E-state index >= 15 is 0 Å². The second-order valence-corrected chi connectivity index (χ2v) is 5.42. The molecule has 0 unspecified atom stereocenters. The molecule has 0 aliphatic carbocycles. The van der Waals surface area contributed by atoms with Gasteiger partial charge in [-0.2, -0.15) is 5.10 Å². The minimum absolute atomic E-state index is 0.645. The molecule has 118 valence electrons. The molecular weight excluding hydrogens is 300 g/mol. The maximum absolute atomic E-state index is 5.15. The first kappa shape index (κ1) is 14.3. The van der Waals surface area contributed by atoms with Crippen molar-refractivity contribution >= 4 is 22.9 Å². The average Bonchev–Trinajstić information content (AvgIpc) is 3.27. The Morgan fingerprint density at radius 2 is 1.92 bits per heavy atom. The number of ether oxygens (including phenoxy) is 1. The molecule has 5 heteroatoms. The van der Waals surface area contributed by atoms with Gasteiger partial charge in [-0.1, -0.05) is 18.2 Å². The molecule has 4 rings (SSSR count). The first-order valence-electron chi connectivity index (χ1n) is 7.63. The van der Waals surface area contributed by atoms with Crippen molar-refractivity contribution < 1.29 is 4.74 Å². The topological polar surface area (TPSA) is 66.1 Å². The SMILES string of the molecule is COc1ccc(C=Nc2cc(-c3c[nH]c4ccccc34)[nH]n2)cc1. The number of methoxy groups -OCH3 is 1. The van der Waals surface area contributed by atoms with Crippen LogP contribution in [0.25, 0.3) is 22.2 Å². The molecule has 2 aromatic carbocycles. The molecule has 2 aromatic heterocycles. The summed E-state index contributed by atoms with van der Waals surface area (Å²) >= 11 is 0. The van der Waals surface area contributed by atoms with Crippen molar-refractivity contribution in [2.75, 3.05) is 7.11 Å². The van der Waals surface area contributed by atoms with Gasteiger partial charge in [-0.3, -0.25) is 5.10 Å². The van der Waals surface area contributed by atoms with Gasteiger partial charge in [0.1, 0.15) is 5.75 Å². The third-order valence-corrected chi connectivity index (χ3v) is 3.91. The number of hydrogen-bond donors (Lipinski definition) is 2. The maximum atomic E-state index is 5.15. The predicted octanol–water partition coefficient (Wildman–Crippen LogP) is 4.32. The number of aromatic nitrogens is 3. The van der Waals surface area contributed by atoms with Crippen molar-refractivity contribution in [2.45, 2.75) is 0 Å². The molecular formula is C19H16N4O. The highest BCUT2D eigenvalue weighted by molar-refractivity contribution is 5.94. The van der Waals surface area contributed by atoms with Gasteiger partial charge in [-0.05, 0) is 35.9 Å². The van der Waals surface area contributed by atoms with E-state index in [9.17, 15) is 0 Å². The Kier molecular flexibility index (Phi) is 3.59. The Bertz CT molecular complexity index is 996. The van der Waals surface area contributed by atoms with E-state index in [4.69, 9.17) is 4.74 Å². The van der Waals surface area contributed by atoms with Crippen LogP contribution in [0.2, 0.25) is 0 Å². The van der Waals surface area contributed by atoms with Gasteiger partial charge >= 0.3 is 0 Å². The quantitative estimate of drug-likeness (QED) is 0.551. The number of aliphatic imine (C=N–C) groups is 1. The number of hydrogen-bond acceptors (Lipinski definition) is 3. The van der Waals surface area contributed by atoms with Crippen molar-refractivity contribution in [3.63, 3.8) is 0 Å². The minimum Gasteiger partial charge on any atom is -0.497 e. The summed E-state index contributed by atoms with van der Waals surface area (Å²) in [5.41, 5.74) is 4.12. The summed E-state index contributed by atoms with van der Waals surface area (Å²) in [5.74, 6) is 1.47. The molecule has 0 spiro atoms. The van der Waals surface area contributed by atoms with Crippen molar-refractivity contribution in [3.05, 3.63) is 66.4 Å². The van der Waals surface area contributed by atoms with Crippen molar-refractivity contribution in [2.24, 2.45) is 4.99 Å². The summed E-state index contributed by atoms with van der Waals surface area (Å²) in [7, 11) is 1.65. The van der Waals surface area contributed by atoms with Gasteiger partial charge in [0.25, 0.3) is 0 Å². The fraction of sp³-hybridized carbons (Fsp3) is 0.0526. The summed E-state index contributed by atoms with van der Waals surface area (Å²) in [5, 5.41) is 8.48. The largest absolute Gasteiger partial charge is 0.497 e. The number of aromatic amines is 2. The number of rotatable bonds is 4. The van der Waals surface area contributed by atoms with Crippen molar-refractivity contribution in [1.29, 1.82) is 0 Å². The summed E-state index contributed by atoms with van der Waals surface area (Å²) in [4.78, 5) is 7.69. The number of fused-ring (bicyclic) bond motifs is 1. The Morgan fingerprint density at radius 3 is 2.75 bits per heavy atom. The molecule has 0 fully saturated rings. The van der Waals surface area contributed by atoms with Crippen LogP contribution in [-0.4, -0.2) is 28.5 Å². The van der Waals surface area contributed by atoms with Gasteiger partial charge in [-0.25, -0.2) is 4.99 Å². The third kappa shape index (κ3) is 2.67. The number of nitrogens with zero attached hydrogens (tertiary/aromatic N) is 2. The molecule has 0 aliphatic rings. The lowest BCUT2D eigenvalue weighted by Gasteiger charge is -1.98. The van der Waals surface area contributed by atoms with Crippen LogP contribution in [0.3, 0.4) is 0 Å². The van der Waals surface area contributed by atoms with Gasteiger partial charge in [0, 0.05) is 34.9 Å². The van der Waals surface area contributed by atoms with E-state index < -0.39 is 0 Å². The Balaban J connectivity index is 1.59. The van der Waals surface area contributed by atoms with Crippen molar-refractivity contribution in [1.82, 2.24) is 15.2 Å². The Labute approximate surface area is 139 Å². The second kappa shape index (κ2) is 6.04. The van der Waals surface area contributed by atoms with Crippen LogP contribution in [0.1, 0.15) is 5.56 Å². The number of para-hydroxylation sites is 1. The highest BCUT2D eigenvalue weighted by Gasteiger charge is 2.08. The monoisotopic (exact) mass is 316 g/mol. The smallest absolute Gasteiger partial charge is 0.174 e. The van der Waals surface area contributed by atoms with Crippen LogP contribution in [0.5, 0.6) is 5.75 Å². The Hall–Kier alpha value is -3.34. The Morgan fingerprint density at radius 1 is 1.08 bits per heavy atom. The number of benzene rings is 2. The van der Waals surface area contributed by atoms with E-state index in [0.29, 0.717) is 5.82 Å². The van der Waals surface area contributed by atoms with Gasteiger partial charge in [0.15, 0.2) is 5.82 Å². The summed E-state index contributed by atoms with van der Waals surface area (Å²) < 4.78 is 5.15. The second-order valence-electron chi connectivity index (χ2n) is 5.42. The van der Waals surface area contributed by atoms with E-state index in [1.54, 1.807) is 13.3 Å². The molecule has 0 atom stereocenters. The lowest BCUT2D eigenvalue weighted by molar-refractivity contribution is 0.415. The fourth-order valence-corrected chi connectivity index (χ4v) is 2.64. The number of nitrogens with one attached hydrogen (secondary N) is 2. The normalized spacial score (nSPS) is 11.4. The average molecular weight is 316 g/mol. The summed E-state index contributed by atoms with van der Waals surface area (Å²) in [6.45, 7) is 0. The summed E-state index contributed by atoms with van der Waals surface area (Å²) in [6.07, 6.45) is 3.77. The van der Waals surface area contributed by atoms with Crippen LogP contribution in [0.15, 0.2) is 65.8 Å². The lowest BCUT2D eigenvalue weighted by Crippen LogP contribution is -1.84. The van der Waals surface area contributed by atoms with Crippen LogP contribution < -0.4 is 4.74 Å². The molecule has 2 N–H and O–H groups in total. The van der Waals surface area contributed by atoms with Crippen LogP contribution in [0, 0.1) is 0 Å². The zero-order chi connectivity index (χ0) is 16.4. The van der Waals surface area contributed by atoms with E-state index in [1.807, 2.05) is 48.7 Å². The molecule has 0 bridgehead atoms. The first-order valence-corrected chi connectivity index (χ1v) is 7.63. The highest BCUT2D eigenvalue weighted by atomic mass is 16.5. The summed E-state index contributed by atoms with van der Waals surface area (Å²) in [6, 6.07) is 17.8. The standard InChI is InChI=1S/C19H16N4O/c1-24-14-8-6-13(7-9-14)11-21-19-10-18(22-23-19)16-12-20-17-5-3-2-4-15(16)17/h2-12,20H,1H3,(H,22,23). The number of H-pyrrole nitrogens is 2. The van der Waals surface area contributed by atoms with Crippen LogP contribution >= 0.6 is 0 Å².